The fourth-order valence-electron chi connectivity index (χ4n) is 1.67. The maximum absolute atomic E-state index is 5.54. The fraction of sp³-hybridized carbons (Fsp3) is 0.385. The summed E-state index contributed by atoms with van der Waals surface area (Å²) in [5.41, 5.74) is 7.72. The first kappa shape index (κ1) is 10.1. The molecule has 1 aromatic carbocycles. The van der Waals surface area contributed by atoms with E-state index in [2.05, 4.69) is 17.9 Å². The second-order valence-corrected chi connectivity index (χ2v) is 3.61. The van der Waals surface area contributed by atoms with Gasteiger partial charge in [-0.15, -0.1) is 0 Å². The molecule has 0 aliphatic carbocycles. The van der Waals surface area contributed by atoms with Crippen LogP contribution in [0.5, 0.6) is 5.75 Å². The summed E-state index contributed by atoms with van der Waals surface area (Å²) in [6.07, 6.45) is 2.96. The highest BCUT2D eigenvalue weighted by Crippen LogP contribution is 2.25. The average Bonchev–Trinajstić information content (AvgIpc) is 2.29. The Bertz CT molecular complexity index is 401. The zero-order valence-electron chi connectivity index (χ0n) is 8.75. The molecule has 0 spiro atoms. The van der Waals surface area contributed by atoms with Crippen LogP contribution in [0.15, 0.2) is 18.2 Å². The Morgan fingerprint density at radius 1 is 1.40 bits per heavy atom. The summed E-state index contributed by atoms with van der Waals surface area (Å²) < 4.78 is 5.54. The highest BCUT2D eigenvalue weighted by atomic mass is 16.5. The van der Waals surface area contributed by atoms with Crippen molar-refractivity contribution in [3.63, 3.8) is 0 Å². The molecule has 1 aromatic rings. The summed E-state index contributed by atoms with van der Waals surface area (Å²) in [7, 11) is 0. The van der Waals surface area contributed by atoms with Crippen LogP contribution in [0.2, 0.25) is 0 Å². The molecule has 0 bridgehead atoms. The topological polar surface area (TPSA) is 35.2 Å². The molecule has 2 N–H and O–H groups in total. The Hall–Kier alpha value is -1.46. The predicted octanol–water partition coefficient (Wildman–Crippen LogP) is 1.71. The minimum absolute atomic E-state index is 0.626. The number of nitrogens with two attached hydrogens (primary N) is 1. The lowest BCUT2D eigenvalue weighted by atomic mass is 10.0. The van der Waals surface area contributed by atoms with Gasteiger partial charge in [-0.25, -0.2) is 0 Å². The van der Waals surface area contributed by atoms with Gasteiger partial charge < -0.3 is 10.5 Å². The van der Waals surface area contributed by atoms with E-state index in [-0.39, 0.29) is 0 Å². The van der Waals surface area contributed by atoms with Crippen molar-refractivity contribution in [2.75, 3.05) is 13.2 Å². The van der Waals surface area contributed by atoms with Crippen LogP contribution in [0, 0.1) is 11.8 Å². The third-order valence-corrected chi connectivity index (χ3v) is 2.41. The lowest BCUT2D eigenvalue weighted by Crippen LogP contribution is -2.08. The van der Waals surface area contributed by atoms with Gasteiger partial charge >= 0.3 is 0 Å². The molecule has 1 aliphatic heterocycles. The van der Waals surface area contributed by atoms with E-state index in [1.165, 1.54) is 5.56 Å². The molecule has 0 unspecified atom stereocenters. The summed E-state index contributed by atoms with van der Waals surface area (Å²) in [4.78, 5) is 0. The smallest absolute Gasteiger partial charge is 0.122 e. The van der Waals surface area contributed by atoms with Gasteiger partial charge in [0.05, 0.1) is 6.61 Å². The monoisotopic (exact) mass is 201 g/mol. The Kier molecular flexibility index (Phi) is 3.26. The van der Waals surface area contributed by atoms with E-state index >= 15 is 0 Å². The molecular formula is C13H15NO. The molecule has 0 saturated heterocycles. The highest BCUT2D eigenvalue weighted by molar-refractivity contribution is 5.44. The molecule has 78 valence electrons. The number of hydrogen-bond donors (Lipinski definition) is 1. The van der Waals surface area contributed by atoms with E-state index in [9.17, 15) is 0 Å². The van der Waals surface area contributed by atoms with Gasteiger partial charge in [0, 0.05) is 18.5 Å². The second-order valence-electron chi connectivity index (χ2n) is 3.61. The van der Waals surface area contributed by atoms with E-state index in [4.69, 9.17) is 10.5 Å². The van der Waals surface area contributed by atoms with Crippen molar-refractivity contribution in [1.82, 2.24) is 0 Å². The van der Waals surface area contributed by atoms with Crippen LogP contribution in [0.25, 0.3) is 0 Å². The molecular weight excluding hydrogens is 186 g/mol. The van der Waals surface area contributed by atoms with Gasteiger partial charge in [-0.05, 0) is 36.6 Å². The number of hydrogen-bond acceptors (Lipinski definition) is 2. The standard InChI is InChI=1S/C13H15NO/c14-8-2-1-4-11-6-7-13-12(10-11)5-3-9-15-13/h6-7,10H,2-3,5,8-9,14H2. The first-order valence-electron chi connectivity index (χ1n) is 5.35. The molecule has 0 radical (unpaired) electrons. The minimum Gasteiger partial charge on any atom is -0.493 e. The van der Waals surface area contributed by atoms with Gasteiger partial charge in [0.15, 0.2) is 0 Å². The summed E-state index contributed by atoms with van der Waals surface area (Å²) in [5.74, 6) is 7.17. The normalized spacial score (nSPS) is 13.4. The van der Waals surface area contributed by atoms with Crippen molar-refractivity contribution in [2.24, 2.45) is 5.73 Å². The predicted molar refractivity (Wildman–Crippen MR) is 60.8 cm³/mol. The fourth-order valence-corrected chi connectivity index (χ4v) is 1.67. The number of ether oxygens (including phenoxy) is 1. The molecule has 0 aromatic heterocycles. The molecule has 0 atom stereocenters. The van der Waals surface area contributed by atoms with Crippen molar-refractivity contribution in [3.8, 4) is 17.6 Å². The number of aryl methyl sites for hydroxylation is 1. The lowest BCUT2D eigenvalue weighted by Gasteiger charge is -2.16. The van der Waals surface area contributed by atoms with E-state index in [1.807, 2.05) is 12.1 Å². The maximum Gasteiger partial charge on any atom is 0.122 e. The molecule has 1 aliphatic rings. The maximum atomic E-state index is 5.54. The van der Waals surface area contributed by atoms with Crippen LogP contribution in [0.4, 0.5) is 0 Å². The molecule has 2 nitrogen and oxygen atoms in total. The van der Waals surface area contributed by atoms with Crippen molar-refractivity contribution in [2.45, 2.75) is 19.3 Å². The second kappa shape index (κ2) is 4.86. The van der Waals surface area contributed by atoms with Crippen LogP contribution >= 0.6 is 0 Å². The number of benzene rings is 1. The zero-order chi connectivity index (χ0) is 10.5. The van der Waals surface area contributed by atoms with Crippen LogP contribution in [-0.2, 0) is 6.42 Å². The third kappa shape index (κ3) is 2.51. The SMILES string of the molecule is NCCC#Cc1ccc2c(c1)CCCO2. The van der Waals surface area contributed by atoms with Crippen LogP contribution in [0.1, 0.15) is 24.0 Å². The third-order valence-electron chi connectivity index (χ3n) is 2.41. The summed E-state index contributed by atoms with van der Waals surface area (Å²) in [6, 6.07) is 6.15. The largest absolute Gasteiger partial charge is 0.493 e. The van der Waals surface area contributed by atoms with Crippen molar-refractivity contribution in [3.05, 3.63) is 29.3 Å². The summed E-state index contributed by atoms with van der Waals surface area (Å²) in [6.45, 7) is 1.46. The van der Waals surface area contributed by atoms with E-state index in [0.29, 0.717) is 6.54 Å². The summed E-state index contributed by atoms with van der Waals surface area (Å²) >= 11 is 0. The molecule has 0 fully saturated rings. The van der Waals surface area contributed by atoms with Gasteiger partial charge in [0.1, 0.15) is 5.75 Å². The lowest BCUT2D eigenvalue weighted by molar-refractivity contribution is 0.288. The molecule has 0 saturated carbocycles. The van der Waals surface area contributed by atoms with E-state index in [0.717, 1.165) is 37.2 Å². The van der Waals surface area contributed by atoms with Crippen molar-refractivity contribution >= 4 is 0 Å². The van der Waals surface area contributed by atoms with Gasteiger partial charge in [-0.2, -0.15) is 0 Å². The molecule has 0 amide bonds. The van der Waals surface area contributed by atoms with Crippen LogP contribution in [0.3, 0.4) is 0 Å². The molecule has 1 heterocycles. The Labute approximate surface area is 90.4 Å². The number of rotatable bonds is 1. The van der Waals surface area contributed by atoms with Crippen LogP contribution in [-0.4, -0.2) is 13.2 Å². The molecule has 2 rings (SSSR count). The first-order valence-corrected chi connectivity index (χ1v) is 5.35. The van der Waals surface area contributed by atoms with E-state index in [1.54, 1.807) is 0 Å². The Balaban J connectivity index is 2.18. The number of fused-ring (bicyclic) bond motifs is 1. The quantitative estimate of drug-likeness (QED) is 0.702. The average molecular weight is 201 g/mol. The molecule has 2 heteroatoms. The Morgan fingerprint density at radius 3 is 3.20 bits per heavy atom. The van der Waals surface area contributed by atoms with Gasteiger partial charge in [0.25, 0.3) is 0 Å². The van der Waals surface area contributed by atoms with Gasteiger partial charge in [-0.1, -0.05) is 11.8 Å². The Morgan fingerprint density at radius 2 is 2.33 bits per heavy atom. The van der Waals surface area contributed by atoms with Gasteiger partial charge in [-0.3, -0.25) is 0 Å². The van der Waals surface area contributed by atoms with Crippen molar-refractivity contribution < 1.29 is 4.74 Å². The first-order chi connectivity index (χ1) is 7.40. The van der Waals surface area contributed by atoms with Crippen LogP contribution < -0.4 is 10.5 Å². The van der Waals surface area contributed by atoms with E-state index < -0.39 is 0 Å². The van der Waals surface area contributed by atoms with Gasteiger partial charge in [0.2, 0.25) is 0 Å². The zero-order valence-corrected chi connectivity index (χ0v) is 8.75. The summed E-state index contributed by atoms with van der Waals surface area (Å²) in [5, 5.41) is 0. The van der Waals surface area contributed by atoms with Crippen molar-refractivity contribution in [1.29, 1.82) is 0 Å². The minimum atomic E-state index is 0.626. The highest BCUT2D eigenvalue weighted by Gasteiger charge is 2.09. The molecule has 15 heavy (non-hydrogen) atoms.